The van der Waals surface area contributed by atoms with Crippen LogP contribution in [-0.4, -0.2) is 22.8 Å². The van der Waals surface area contributed by atoms with Crippen LogP contribution in [0.3, 0.4) is 0 Å². The molecule has 128 valence electrons. The number of halogens is 3. The summed E-state index contributed by atoms with van der Waals surface area (Å²) in [6, 6.07) is 8.46. The summed E-state index contributed by atoms with van der Waals surface area (Å²) in [5, 5.41) is 6.52. The standard InChI is InChI=1S/C17H12F3N3O2/c1-25-15-9-23(12-5-2-10(18)3-6-12)22-16(15)17(24)21-11-4-7-13(19)14(20)8-11/h2-9H,1H3,(H,21,24). The number of carbonyl (C=O) groups excluding carboxylic acids is 1. The normalized spacial score (nSPS) is 10.6. The molecule has 0 aliphatic carbocycles. The molecule has 0 bridgehead atoms. The first-order valence-electron chi connectivity index (χ1n) is 7.14. The number of rotatable bonds is 4. The molecule has 0 spiro atoms. The predicted molar refractivity (Wildman–Crippen MR) is 84.4 cm³/mol. The molecule has 0 fully saturated rings. The van der Waals surface area contributed by atoms with E-state index in [1.165, 1.54) is 48.3 Å². The van der Waals surface area contributed by atoms with Gasteiger partial charge in [0.05, 0.1) is 19.0 Å². The lowest BCUT2D eigenvalue weighted by molar-refractivity contribution is 0.101. The van der Waals surface area contributed by atoms with E-state index in [2.05, 4.69) is 10.4 Å². The van der Waals surface area contributed by atoms with Crippen LogP contribution in [0.5, 0.6) is 5.75 Å². The molecule has 1 amide bonds. The van der Waals surface area contributed by atoms with Gasteiger partial charge in [0.2, 0.25) is 0 Å². The van der Waals surface area contributed by atoms with Crippen LogP contribution >= 0.6 is 0 Å². The Labute approximate surface area is 140 Å². The van der Waals surface area contributed by atoms with Crippen molar-refractivity contribution in [3.63, 3.8) is 0 Å². The van der Waals surface area contributed by atoms with E-state index in [0.29, 0.717) is 5.69 Å². The fraction of sp³-hybridized carbons (Fsp3) is 0.0588. The topological polar surface area (TPSA) is 56.2 Å². The maximum Gasteiger partial charge on any atom is 0.280 e. The maximum atomic E-state index is 13.2. The molecule has 3 rings (SSSR count). The van der Waals surface area contributed by atoms with E-state index in [1.807, 2.05) is 0 Å². The van der Waals surface area contributed by atoms with Gasteiger partial charge in [-0.1, -0.05) is 0 Å². The molecule has 3 aromatic rings. The molecule has 0 saturated heterocycles. The number of nitrogens with one attached hydrogen (secondary N) is 1. The van der Waals surface area contributed by atoms with E-state index in [4.69, 9.17) is 4.74 Å². The van der Waals surface area contributed by atoms with Gasteiger partial charge in [-0.3, -0.25) is 4.79 Å². The second-order valence-electron chi connectivity index (χ2n) is 5.05. The number of amides is 1. The Morgan fingerprint density at radius 1 is 1.08 bits per heavy atom. The lowest BCUT2D eigenvalue weighted by Crippen LogP contribution is -2.14. The molecule has 1 N–H and O–H groups in total. The van der Waals surface area contributed by atoms with E-state index in [9.17, 15) is 18.0 Å². The zero-order valence-electron chi connectivity index (χ0n) is 13.0. The van der Waals surface area contributed by atoms with Crippen molar-refractivity contribution in [2.75, 3.05) is 12.4 Å². The summed E-state index contributed by atoms with van der Waals surface area (Å²) in [4.78, 5) is 12.3. The molecule has 8 heteroatoms. The second kappa shape index (κ2) is 6.68. The molecule has 1 aromatic heterocycles. The van der Waals surface area contributed by atoms with E-state index in [0.717, 1.165) is 12.1 Å². The molecule has 0 atom stereocenters. The Kier molecular flexibility index (Phi) is 4.42. The van der Waals surface area contributed by atoms with E-state index in [1.54, 1.807) is 0 Å². The third kappa shape index (κ3) is 3.47. The minimum atomic E-state index is -1.08. The third-order valence-electron chi connectivity index (χ3n) is 3.38. The van der Waals surface area contributed by atoms with Gasteiger partial charge in [0.15, 0.2) is 23.1 Å². The number of aromatic nitrogens is 2. The van der Waals surface area contributed by atoms with Crippen molar-refractivity contribution < 1.29 is 22.7 Å². The third-order valence-corrected chi connectivity index (χ3v) is 3.38. The average Bonchev–Trinajstić information content (AvgIpc) is 3.03. The molecule has 2 aromatic carbocycles. The number of nitrogens with zero attached hydrogens (tertiary/aromatic N) is 2. The summed E-state index contributed by atoms with van der Waals surface area (Å²) in [5.41, 5.74) is 0.533. The molecule has 5 nitrogen and oxygen atoms in total. The van der Waals surface area contributed by atoms with Crippen molar-refractivity contribution in [3.8, 4) is 11.4 Å². The highest BCUT2D eigenvalue weighted by molar-refractivity contribution is 6.04. The molecule has 1 heterocycles. The number of anilines is 1. The predicted octanol–water partition coefficient (Wildman–Crippen LogP) is 3.55. The minimum absolute atomic E-state index is 0.0587. The second-order valence-corrected chi connectivity index (χ2v) is 5.05. The van der Waals surface area contributed by atoms with Crippen molar-refractivity contribution in [2.45, 2.75) is 0 Å². The summed E-state index contributed by atoms with van der Waals surface area (Å²) in [7, 11) is 1.36. The summed E-state index contributed by atoms with van der Waals surface area (Å²) in [6.45, 7) is 0. The van der Waals surface area contributed by atoms with Gasteiger partial charge in [-0.2, -0.15) is 5.10 Å². The van der Waals surface area contributed by atoms with Crippen LogP contribution < -0.4 is 10.1 Å². The zero-order chi connectivity index (χ0) is 18.0. The number of hydrogen-bond donors (Lipinski definition) is 1. The number of carbonyl (C=O) groups is 1. The monoisotopic (exact) mass is 347 g/mol. The first-order valence-corrected chi connectivity index (χ1v) is 7.14. The molecule has 0 saturated carbocycles. The quantitative estimate of drug-likeness (QED) is 0.785. The van der Waals surface area contributed by atoms with Crippen LogP contribution in [0.4, 0.5) is 18.9 Å². The largest absolute Gasteiger partial charge is 0.493 e. The first-order chi connectivity index (χ1) is 12.0. The van der Waals surface area contributed by atoms with Gasteiger partial charge < -0.3 is 10.1 Å². The lowest BCUT2D eigenvalue weighted by Gasteiger charge is -2.05. The van der Waals surface area contributed by atoms with Crippen molar-refractivity contribution in [1.29, 1.82) is 0 Å². The number of hydrogen-bond acceptors (Lipinski definition) is 3. The lowest BCUT2D eigenvalue weighted by atomic mass is 10.3. The first kappa shape index (κ1) is 16.6. The van der Waals surface area contributed by atoms with Crippen molar-refractivity contribution in [3.05, 3.63) is 71.8 Å². The Balaban J connectivity index is 1.89. The fourth-order valence-corrected chi connectivity index (χ4v) is 2.16. The Bertz CT molecular complexity index is 923. The number of ether oxygens (including phenoxy) is 1. The number of benzene rings is 2. The van der Waals surface area contributed by atoms with Crippen molar-refractivity contribution >= 4 is 11.6 Å². The average molecular weight is 347 g/mol. The van der Waals surface area contributed by atoms with Crippen LogP contribution in [-0.2, 0) is 0 Å². The SMILES string of the molecule is COc1cn(-c2ccc(F)cc2)nc1C(=O)Nc1ccc(F)c(F)c1. The van der Waals surface area contributed by atoms with Gasteiger partial charge in [0.25, 0.3) is 5.91 Å². The summed E-state index contributed by atoms with van der Waals surface area (Å²) in [5.74, 6) is -3.00. The highest BCUT2D eigenvalue weighted by Crippen LogP contribution is 2.21. The summed E-state index contributed by atoms with van der Waals surface area (Å²) >= 11 is 0. The smallest absolute Gasteiger partial charge is 0.280 e. The van der Waals surface area contributed by atoms with Crippen molar-refractivity contribution in [2.24, 2.45) is 0 Å². The summed E-state index contributed by atoms with van der Waals surface area (Å²) < 4.78 is 45.7. The van der Waals surface area contributed by atoms with E-state index < -0.39 is 23.4 Å². The van der Waals surface area contributed by atoms with Gasteiger partial charge in [-0.25, -0.2) is 17.9 Å². The maximum absolute atomic E-state index is 13.2. The molecule has 25 heavy (non-hydrogen) atoms. The van der Waals surface area contributed by atoms with Crippen LogP contribution in [0.2, 0.25) is 0 Å². The van der Waals surface area contributed by atoms with E-state index in [-0.39, 0.29) is 17.1 Å². The molecular weight excluding hydrogens is 335 g/mol. The van der Waals surface area contributed by atoms with Crippen LogP contribution in [0.1, 0.15) is 10.5 Å². The number of methoxy groups -OCH3 is 1. The van der Waals surface area contributed by atoms with Gasteiger partial charge in [-0.15, -0.1) is 0 Å². The van der Waals surface area contributed by atoms with Crippen LogP contribution in [0.25, 0.3) is 5.69 Å². The molecule has 0 unspecified atom stereocenters. The fourth-order valence-electron chi connectivity index (χ4n) is 2.16. The summed E-state index contributed by atoms with van der Waals surface area (Å²) in [6.07, 6.45) is 1.45. The molecule has 0 aliphatic heterocycles. The Morgan fingerprint density at radius 3 is 2.44 bits per heavy atom. The van der Waals surface area contributed by atoms with Crippen LogP contribution in [0, 0.1) is 17.5 Å². The molecular formula is C17H12F3N3O2. The Hall–Kier alpha value is -3.29. The van der Waals surface area contributed by atoms with Gasteiger partial charge in [-0.05, 0) is 36.4 Å². The molecule has 0 radical (unpaired) electrons. The highest BCUT2D eigenvalue weighted by Gasteiger charge is 2.19. The van der Waals surface area contributed by atoms with Crippen molar-refractivity contribution in [1.82, 2.24) is 9.78 Å². The zero-order valence-corrected chi connectivity index (χ0v) is 13.0. The highest BCUT2D eigenvalue weighted by atomic mass is 19.2. The van der Waals surface area contributed by atoms with Gasteiger partial charge >= 0.3 is 0 Å². The van der Waals surface area contributed by atoms with Crippen LogP contribution in [0.15, 0.2) is 48.7 Å². The molecule has 0 aliphatic rings. The van der Waals surface area contributed by atoms with Gasteiger partial charge in [0.1, 0.15) is 5.82 Å². The van der Waals surface area contributed by atoms with Gasteiger partial charge in [0, 0.05) is 11.8 Å². The van der Waals surface area contributed by atoms with E-state index >= 15 is 0 Å². The minimum Gasteiger partial charge on any atom is -0.493 e. The Morgan fingerprint density at radius 2 is 1.80 bits per heavy atom.